The van der Waals surface area contributed by atoms with Crippen molar-refractivity contribution in [2.75, 3.05) is 6.54 Å². The Morgan fingerprint density at radius 2 is 1.88 bits per heavy atom. The van der Waals surface area contributed by atoms with Gasteiger partial charge >= 0.3 is 5.97 Å². The van der Waals surface area contributed by atoms with Gasteiger partial charge in [-0.05, 0) is 17.7 Å². The summed E-state index contributed by atoms with van der Waals surface area (Å²) in [5, 5.41) is 5.13. The minimum Gasteiger partial charge on any atom is -0.460 e. The van der Waals surface area contributed by atoms with Crippen molar-refractivity contribution in [2.45, 2.75) is 13.0 Å². The Kier molecular flexibility index (Phi) is 6.05. The zero-order chi connectivity index (χ0) is 18.2. The number of pyridine rings is 1. The summed E-state index contributed by atoms with van der Waals surface area (Å²) in [6.45, 7) is 0.0258. The average Bonchev–Trinajstić information content (AvgIpc) is 3.15. The average molecular weight is 367 g/mol. The van der Waals surface area contributed by atoms with Gasteiger partial charge in [0.2, 0.25) is 5.91 Å². The van der Waals surface area contributed by atoms with Crippen LogP contribution in [-0.2, 0) is 27.4 Å². The molecule has 1 N–H and O–H groups in total. The number of nitrogens with one attached hydrogen (secondary N) is 1. The Morgan fingerprint density at radius 1 is 1.08 bits per heavy atom. The standard InChI is InChI=1S/C19H17N3O3S/c23-17(21-11-18(24)25-12-14-6-2-1-3-7-14)10-15-13-26-19(22-15)16-8-4-5-9-20-16/h1-9,13H,10-12H2,(H,21,23). The van der Waals surface area contributed by atoms with Gasteiger partial charge in [-0.2, -0.15) is 0 Å². The van der Waals surface area contributed by atoms with E-state index in [2.05, 4.69) is 15.3 Å². The van der Waals surface area contributed by atoms with E-state index < -0.39 is 5.97 Å². The lowest BCUT2D eigenvalue weighted by Gasteiger charge is -2.06. The van der Waals surface area contributed by atoms with Crippen molar-refractivity contribution in [1.29, 1.82) is 0 Å². The summed E-state index contributed by atoms with van der Waals surface area (Å²) in [6.07, 6.45) is 1.81. The largest absolute Gasteiger partial charge is 0.460 e. The summed E-state index contributed by atoms with van der Waals surface area (Å²) in [5.41, 5.74) is 2.32. The van der Waals surface area contributed by atoms with E-state index in [4.69, 9.17) is 4.74 Å². The molecule has 3 aromatic rings. The van der Waals surface area contributed by atoms with Gasteiger partial charge in [0, 0.05) is 11.6 Å². The predicted octanol–water partition coefficient (Wildman–Crippen LogP) is 2.61. The SMILES string of the molecule is O=C(Cc1csc(-c2ccccn2)n1)NCC(=O)OCc1ccccc1. The molecule has 0 fully saturated rings. The van der Waals surface area contributed by atoms with Crippen molar-refractivity contribution in [3.8, 4) is 10.7 Å². The number of thiazole rings is 1. The Morgan fingerprint density at radius 3 is 2.65 bits per heavy atom. The molecular formula is C19H17N3O3S. The first-order valence-electron chi connectivity index (χ1n) is 8.03. The third-order valence-corrected chi connectivity index (χ3v) is 4.36. The molecule has 0 aliphatic carbocycles. The molecule has 0 unspecified atom stereocenters. The fourth-order valence-corrected chi connectivity index (χ4v) is 2.98. The molecule has 1 amide bonds. The Balaban J connectivity index is 1.43. The van der Waals surface area contributed by atoms with E-state index in [1.165, 1.54) is 11.3 Å². The van der Waals surface area contributed by atoms with Gasteiger partial charge in [0.15, 0.2) is 0 Å². The minimum absolute atomic E-state index is 0.106. The summed E-state index contributed by atoms with van der Waals surface area (Å²) in [7, 11) is 0. The third kappa shape index (κ3) is 5.22. The lowest BCUT2D eigenvalue weighted by molar-refractivity contribution is -0.145. The number of amides is 1. The first-order valence-corrected chi connectivity index (χ1v) is 8.91. The van der Waals surface area contributed by atoms with Crippen LogP contribution in [0.15, 0.2) is 60.1 Å². The van der Waals surface area contributed by atoms with Crippen LogP contribution in [0.1, 0.15) is 11.3 Å². The number of rotatable bonds is 7. The van der Waals surface area contributed by atoms with Crippen molar-refractivity contribution in [3.05, 3.63) is 71.4 Å². The van der Waals surface area contributed by atoms with Gasteiger partial charge in [0.05, 0.1) is 17.8 Å². The molecule has 0 saturated carbocycles. The zero-order valence-corrected chi connectivity index (χ0v) is 14.7. The number of hydrogen-bond acceptors (Lipinski definition) is 6. The Bertz CT molecular complexity index is 866. The Hall–Kier alpha value is -3.06. The van der Waals surface area contributed by atoms with Crippen LogP contribution in [0.4, 0.5) is 0 Å². The third-order valence-electron chi connectivity index (χ3n) is 3.45. The second-order valence-corrected chi connectivity index (χ2v) is 6.32. The van der Waals surface area contributed by atoms with Crippen LogP contribution in [0.2, 0.25) is 0 Å². The van der Waals surface area contributed by atoms with Gasteiger partial charge in [-0.1, -0.05) is 36.4 Å². The van der Waals surface area contributed by atoms with Crippen molar-refractivity contribution < 1.29 is 14.3 Å². The molecule has 3 rings (SSSR count). The number of nitrogens with zero attached hydrogens (tertiary/aromatic N) is 2. The highest BCUT2D eigenvalue weighted by Crippen LogP contribution is 2.21. The number of esters is 1. The molecule has 26 heavy (non-hydrogen) atoms. The molecule has 0 aliphatic heterocycles. The van der Waals surface area contributed by atoms with Crippen LogP contribution in [-0.4, -0.2) is 28.4 Å². The molecule has 0 bridgehead atoms. The van der Waals surface area contributed by atoms with E-state index in [0.717, 1.165) is 16.3 Å². The maximum absolute atomic E-state index is 12.0. The maximum Gasteiger partial charge on any atom is 0.325 e. The molecule has 2 aromatic heterocycles. The normalized spacial score (nSPS) is 10.3. The van der Waals surface area contributed by atoms with Crippen LogP contribution in [0.3, 0.4) is 0 Å². The van der Waals surface area contributed by atoms with Gasteiger partial charge in [0.1, 0.15) is 18.2 Å². The van der Waals surface area contributed by atoms with E-state index in [1.54, 1.807) is 6.20 Å². The number of benzene rings is 1. The molecule has 0 saturated heterocycles. The number of carbonyl (C=O) groups excluding carboxylic acids is 2. The molecule has 2 heterocycles. The second-order valence-electron chi connectivity index (χ2n) is 5.46. The molecule has 0 atom stereocenters. The van der Waals surface area contributed by atoms with Gasteiger partial charge in [-0.25, -0.2) is 4.98 Å². The van der Waals surface area contributed by atoms with Crippen LogP contribution < -0.4 is 5.32 Å². The quantitative estimate of drug-likeness (QED) is 0.649. The topological polar surface area (TPSA) is 81.2 Å². The molecule has 0 aliphatic rings. The van der Waals surface area contributed by atoms with Gasteiger partial charge < -0.3 is 10.1 Å². The highest BCUT2D eigenvalue weighted by atomic mass is 32.1. The number of ether oxygens (including phenoxy) is 1. The summed E-state index contributed by atoms with van der Waals surface area (Å²) < 4.78 is 5.12. The predicted molar refractivity (Wildman–Crippen MR) is 98.3 cm³/mol. The number of hydrogen-bond donors (Lipinski definition) is 1. The summed E-state index contributed by atoms with van der Waals surface area (Å²) in [6, 6.07) is 15.0. The van der Waals surface area contributed by atoms with Crippen molar-refractivity contribution >= 4 is 23.2 Å². The first-order chi connectivity index (χ1) is 12.7. The molecule has 6 nitrogen and oxygen atoms in total. The fourth-order valence-electron chi connectivity index (χ4n) is 2.18. The first kappa shape index (κ1) is 17.8. The van der Waals surface area contributed by atoms with Crippen LogP contribution >= 0.6 is 11.3 Å². The van der Waals surface area contributed by atoms with Gasteiger partial charge in [0.25, 0.3) is 0 Å². The summed E-state index contributed by atoms with van der Waals surface area (Å²) >= 11 is 1.43. The van der Waals surface area contributed by atoms with E-state index in [9.17, 15) is 9.59 Å². The molecule has 7 heteroatoms. The lowest BCUT2D eigenvalue weighted by Crippen LogP contribution is -2.31. The molecule has 1 aromatic carbocycles. The summed E-state index contributed by atoms with van der Waals surface area (Å²) in [4.78, 5) is 32.3. The van der Waals surface area contributed by atoms with E-state index in [0.29, 0.717) is 5.69 Å². The van der Waals surface area contributed by atoms with Crippen LogP contribution in [0.5, 0.6) is 0 Å². The second kappa shape index (κ2) is 8.87. The van der Waals surface area contributed by atoms with Crippen LogP contribution in [0.25, 0.3) is 10.7 Å². The zero-order valence-electron chi connectivity index (χ0n) is 13.9. The molecule has 0 spiro atoms. The smallest absolute Gasteiger partial charge is 0.325 e. The van der Waals surface area contributed by atoms with Gasteiger partial charge in [-0.3, -0.25) is 14.6 Å². The number of carbonyl (C=O) groups is 2. The van der Waals surface area contributed by atoms with Crippen LogP contribution in [0, 0.1) is 0 Å². The molecule has 0 radical (unpaired) electrons. The Labute approximate surface area is 154 Å². The van der Waals surface area contributed by atoms with Crippen molar-refractivity contribution in [1.82, 2.24) is 15.3 Å². The van der Waals surface area contributed by atoms with Crippen molar-refractivity contribution in [3.63, 3.8) is 0 Å². The molecule has 132 valence electrons. The minimum atomic E-state index is -0.477. The van der Waals surface area contributed by atoms with E-state index >= 15 is 0 Å². The van der Waals surface area contributed by atoms with Gasteiger partial charge in [-0.15, -0.1) is 11.3 Å². The lowest BCUT2D eigenvalue weighted by atomic mass is 10.2. The summed E-state index contributed by atoms with van der Waals surface area (Å²) in [5.74, 6) is -0.755. The van der Waals surface area contributed by atoms with E-state index in [-0.39, 0.29) is 25.5 Å². The number of aromatic nitrogens is 2. The monoisotopic (exact) mass is 367 g/mol. The fraction of sp³-hybridized carbons (Fsp3) is 0.158. The van der Waals surface area contributed by atoms with E-state index in [1.807, 2.05) is 53.9 Å². The highest BCUT2D eigenvalue weighted by Gasteiger charge is 2.11. The maximum atomic E-state index is 12.0. The van der Waals surface area contributed by atoms with Crippen molar-refractivity contribution in [2.24, 2.45) is 0 Å². The molecular weight excluding hydrogens is 350 g/mol. The highest BCUT2D eigenvalue weighted by molar-refractivity contribution is 7.13.